The van der Waals surface area contributed by atoms with Gasteiger partial charge in [-0.15, -0.1) is 10.2 Å². The second-order valence-corrected chi connectivity index (χ2v) is 8.81. The van der Waals surface area contributed by atoms with Crippen molar-refractivity contribution >= 4 is 27.5 Å². The zero-order valence-electron chi connectivity index (χ0n) is 17.2. The molecule has 4 heterocycles. The Hall–Kier alpha value is -3.06. The maximum absolute atomic E-state index is 13.2. The molecule has 1 saturated heterocycles. The maximum Gasteiger partial charge on any atom is 0.255 e. The summed E-state index contributed by atoms with van der Waals surface area (Å²) in [4.78, 5) is 19.8. The SMILES string of the molecule is Cc1nc(-c2cccc(Br)c2)ccc1C(=O)N1CCC(c2nnc3ccccn23)CC1. The van der Waals surface area contributed by atoms with Crippen LogP contribution in [0.2, 0.25) is 0 Å². The number of hydrogen-bond donors (Lipinski definition) is 0. The van der Waals surface area contributed by atoms with Crippen LogP contribution in [-0.4, -0.2) is 43.5 Å². The van der Waals surface area contributed by atoms with Gasteiger partial charge in [0.2, 0.25) is 0 Å². The number of piperidine rings is 1. The molecule has 1 aliphatic rings. The summed E-state index contributed by atoms with van der Waals surface area (Å²) in [5.41, 5.74) is 4.19. The molecule has 1 amide bonds. The number of aryl methyl sites for hydroxylation is 1. The smallest absolute Gasteiger partial charge is 0.255 e. The van der Waals surface area contributed by atoms with E-state index in [0.717, 1.165) is 45.7 Å². The Morgan fingerprint density at radius 2 is 1.87 bits per heavy atom. The third-order valence-electron chi connectivity index (χ3n) is 5.92. The van der Waals surface area contributed by atoms with Gasteiger partial charge in [0.05, 0.1) is 17.0 Å². The Morgan fingerprint density at radius 3 is 2.65 bits per heavy atom. The number of likely N-dealkylation sites (tertiary alicyclic amines) is 1. The Kier molecular flexibility index (Phi) is 5.28. The number of amides is 1. The molecule has 4 aromatic rings. The van der Waals surface area contributed by atoms with Crippen LogP contribution in [0.5, 0.6) is 0 Å². The number of halogens is 1. The van der Waals surface area contributed by atoms with Crippen LogP contribution in [0, 0.1) is 6.92 Å². The molecule has 31 heavy (non-hydrogen) atoms. The van der Waals surface area contributed by atoms with E-state index >= 15 is 0 Å². The highest BCUT2D eigenvalue weighted by Crippen LogP contribution is 2.29. The molecule has 1 aliphatic heterocycles. The van der Waals surface area contributed by atoms with Crippen molar-refractivity contribution in [1.82, 2.24) is 24.5 Å². The molecule has 5 rings (SSSR count). The van der Waals surface area contributed by atoms with E-state index in [2.05, 4.69) is 30.5 Å². The van der Waals surface area contributed by atoms with Crippen LogP contribution >= 0.6 is 15.9 Å². The molecular weight excluding hydrogens is 454 g/mol. The van der Waals surface area contributed by atoms with Gasteiger partial charge in [-0.05, 0) is 56.2 Å². The first-order chi connectivity index (χ1) is 15.1. The third-order valence-corrected chi connectivity index (χ3v) is 6.42. The number of carbonyl (C=O) groups excluding carboxylic acids is 1. The van der Waals surface area contributed by atoms with E-state index in [1.54, 1.807) is 0 Å². The number of aromatic nitrogens is 4. The number of pyridine rings is 2. The molecule has 0 unspecified atom stereocenters. The number of benzene rings is 1. The molecule has 6 nitrogen and oxygen atoms in total. The lowest BCUT2D eigenvalue weighted by Crippen LogP contribution is -2.38. The Morgan fingerprint density at radius 1 is 1.03 bits per heavy atom. The molecule has 156 valence electrons. The van der Waals surface area contributed by atoms with Crippen molar-refractivity contribution in [3.05, 3.63) is 82.3 Å². The van der Waals surface area contributed by atoms with Crippen molar-refractivity contribution in [1.29, 1.82) is 0 Å². The summed E-state index contributed by atoms with van der Waals surface area (Å²) in [6.07, 6.45) is 3.76. The summed E-state index contributed by atoms with van der Waals surface area (Å²) in [7, 11) is 0. The predicted octanol–water partition coefficient (Wildman–Crippen LogP) is 4.88. The highest BCUT2D eigenvalue weighted by atomic mass is 79.9. The first-order valence-electron chi connectivity index (χ1n) is 10.4. The summed E-state index contributed by atoms with van der Waals surface area (Å²) in [5, 5.41) is 8.67. The van der Waals surface area contributed by atoms with Gasteiger partial charge in [0.25, 0.3) is 5.91 Å². The second kappa shape index (κ2) is 8.23. The first-order valence-corrected chi connectivity index (χ1v) is 11.2. The zero-order valence-corrected chi connectivity index (χ0v) is 18.8. The summed E-state index contributed by atoms with van der Waals surface area (Å²) in [6, 6.07) is 17.8. The molecule has 1 aromatic carbocycles. The lowest BCUT2D eigenvalue weighted by atomic mass is 9.95. The molecule has 3 aromatic heterocycles. The van der Waals surface area contributed by atoms with Crippen molar-refractivity contribution in [2.45, 2.75) is 25.7 Å². The van der Waals surface area contributed by atoms with E-state index < -0.39 is 0 Å². The highest BCUT2D eigenvalue weighted by Gasteiger charge is 2.28. The van der Waals surface area contributed by atoms with Crippen molar-refractivity contribution in [3.8, 4) is 11.3 Å². The molecule has 1 fully saturated rings. The van der Waals surface area contributed by atoms with Crippen LogP contribution in [0.3, 0.4) is 0 Å². The quantitative estimate of drug-likeness (QED) is 0.423. The van der Waals surface area contributed by atoms with Crippen LogP contribution in [0.15, 0.2) is 65.3 Å². The topological polar surface area (TPSA) is 63.4 Å². The number of nitrogens with zero attached hydrogens (tertiary/aromatic N) is 5. The Balaban J connectivity index is 1.30. The summed E-state index contributed by atoms with van der Waals surface area (Å²) in [6.45, 7) is 3.32. The molecule has 0 atom stereocenters. The standard InChI is InChI=1S/C24H22BrN5O/c1-16-20(8-9-21(26-16)18-5-4-6-19(25)15-18)24(31)29-13-10-17(11-14-29)23-28-27-22-7-2-3-12-30(22)23/h2-9,12,15,17H,10-11,13-14H2,1H3. The highest BCUT2D eigenvalue weighted by molar-refractivity contribution is 9.10. The minimum absolute atomic E-state index is 0.0512. The van der Waals surface area contributed by atoms with Gasteiger partial charge in [0.15, 0.2) is 5.65 Å². The number of rotatable bonds is 3. The van der Waals surface area contributed by atoms with E-state index in [-0.39, 0.29) is 5.91 Å². The van der Waals surface area contributed by atoms with Crippen molar-refractivity contribution in [2.24, 2.45) is 0 Å². The number of fused-ring (bicyclic) bond motifs is 1. The second-order valence-electron chi connectivity index (χ2n) is 7.89. The van der Waals surface area contributed by atoms with Gasteiger partial charge in [-0.25, -0.2) is 0 Å². The van der Waals surface area contributed by atoms with E-state index in [4.69, 9.17) is 4.98 Å². The number of carbonyl (C=O) groups is 1. The van der Waals surface area contributed by atoms with Gasteiger partial charge in [0, 0.05) is 35.2 Å². The lowest BCUT2D eigenvalue weighted by molar-refractivity contribution is 0.0709. The molecule has 0 saturated carbocycles. The van der Waals surface area contributed by atoms with Gasteiger partial charge in [-0.3, -0.25) is 14.2 Å². The largest absolute Gasteiger partial charge is 0.339 e. The van der Waals surface area contributed by atoms with Crippen molar-refractivity contribution in [3.63, 3.8) is 0 Å². The third kappa shape index (κ3) is 3.85. The summed E-state index contributed by atoms with van der Waals surface area (Å²) < 4.78 is 3.06. The normalized spacial score (nSPS) is 14.8. The van der Waals surface area contributed by atoms with Crippen LogP contribution in [0.25, 0.3) is 16.9 Å². The molecule has 0 radical (unpaired) electrons. The van der Waals surface area contributed by atoms with Gasteiger partial charge in [-0.2, -0.15) is 0 Å². The Labute approximate surface area is 189 Å². The average Bonchev–Trinajstić information content (AvgIpc) is 3.23. The summed E-state index contributed by atoms with van der Waals surface area (Å²) >= 11 is 3.50. The lowest BCUT2D eigenvalue weighted by Gasteiger charge is -2.31. The van der Waals surface area contributed by atoms with Crippen LogP contribution in [0.1, 0.15) is 40.6 Å². The molecular formula is C24H22BrN5O. The molecule has 0 N–H and O–H groups in total. The summed E-state index contributed by atoms with van der Waals surface area (Å²) in [5.74, 6) is 1.34. The van der Waals surface area contributed by atoms with E-state index in [1.807, 2.05) is 72.6 Å². The van der Waals surface area contributed by atoms with Gasteiger partial charge < -0.3 is 4.90 Å². The van der Waals surface area contributed by atoms with Crippen LogP contribution in [0.4, 0.5) is 0 Å². The zero-order chi connectivity index (χ0) is 21.4. The van der Waals surface area contributed by atoms with Crippen molar-refractivity contribution in [2.75, 3.05) is 13.1 Å². The fourth-order valence-electron chi connectivity index (χ4n) is 4.25. The van der Waals surface area contributed by atoms with E-state index in [0.29, 0.717) is 24.6 Å². The van der Waals surface area contributed by atoms with Gasteiger partial charge in [0.1, 0.15) is 5.82 Å². The monoisotopic (exact) mass is 475 g/mol. The maximum atomic E-state index is 13.2. The minimum atomic E-state index is 0.0512. The fraction of sp³-hybridized carbons (Fsp3) is 0.250. The number of hydrogen-bond acceptors (Lipinski definition) is 4. The van der Waals surface area contributed by atoms with Crippen LogP contribution in [-0.2, 0) is 0 Å². The fourth-order valence-corrected chi connectivity index (χ4v) is 4.64. The van der Waals surface area contributed by atoms with Gasteiger partial charge >= 0.3 is 0 Å². The van der Waals surface area contributed by atoms with Crippen molar-refractivity contribution < 1.29 is 4.79 Å². The Bertz CT molecular complexity index is 1260. The molecule has 0 bridgehead atoms. The molecule has 0 spiro atoms. The molecule has 0 aliphatic carbocycles. The first kappa shape index (κ1) is 19.9. The average molecular weight is 476 g/mol. The van der Waals surface area contributed by atoms with E-state index in [1.165, 1.54) is 0 Å². The van der Waals surface area contributed by atoms with E-state index in [9.17, 15) is 4.79 Å². The predicted molar refractivity (Wildman–Crippen MR) is 123 cm³/mol. The van der Waals surface area contributed by atoms with Crippen LogP contribution < -0.4 is 0 Å². The van der Waals surface area contributed by atoms with Gasteiger partial charge in [-0.1, -0.05) is 34.1 Å². The minimum Gasteiger partial charge on any atom is -0.339 e. The molecule has 7 heteroatoms.